The van der Waals surface area contributed by atoms with E-state index in [0.29, 0.717) is 5.92 Å². The van der Waals surface area contributed by atoms with Crippen molar-refractivity contribution in [3.8, 4) is 0 Å². The summed E-state index contributed by atoms with van der Waals surface area (Å²) in [6.45, 7) is 6.86. The Labute approximate surface area is 127 Å². The molecule has 2 atom stereocenters. The van der Waals surface area contributed by atoms with Crippen LogP contribution in [-0.4, -0.2) is 33.7 Å². The lowest BCUT2D eigenvalue weighted by Gasteiger charge is -2.47. The van der Waals surface area contributed by atoms with Gasteiger partial charge >= 0.3 is 0 Å². The number of anilines is 1. The first-order chi connectivity index (χ1) is 9.99. The number of aryl methyl sites for hydroxylation is 1. The summed E-state index contributed by atoms with van der Waals surface area (Å²) < 4.78 is 0. The molecule has 3 rings (SSSR count). The second-order valence-electron chi connectivity index (χ2n) is 6.96. The number of fused-ring (bicyclic) bond motifs is 1. The van der Waals surface area contributed by atoms with Gasteiger partial charge in [-0.3, -0.25) is 9.88 Å². The zero-order valence-corrected chi connectivity index (χ0v) is 13.2. The van der Waals surface area contributed by atoms with Crippen LogP contribution in [0.4, 0.5) is 5.69 Å². The normalized spacial score (nSPS) is 30.1. The number of hydrogen-bond acceptors (Lipinski definition) is 4. The zero-order chi connectivity index (χ0) is 15.0. The molecule has 0 spiro atoms. The van der Waals surface area contributed by atoms with Crippen LogP contribution in [0.15, 0.2) is 6.20 Å². The number of likely N-dealkylation sites (tertiary alicyclic amines) is 1. The second kappa shape index (κ2) is 5.58. The van der Waals surface area contributed by atoms with E-state index in [9.17, 15) is 5.11 Å². The molecule has 116 valence electrons. The topological polar surface area (TPSA) is 62.4 Å². The molecule has 1 aliphatic heterocycles. The number of rotatable bonds is 2. The predicted molar refractivity (Wildman–Crippen MR) is 84.9 cm³/mol. The van der Waals surface area contributed by atoms with Crippen LogP contribution in [0.3, 0.4) is 0 Å². The molecule has 2 aliphatic rings. The Hall–Kier alpha value is -1.13. The van der Waals surface area contributed by atoms with E-state index in [1.807, 2.05) is 13.1 Å². The molecule has 4 nitrogen and oxygen atoms in total. The molecule has 2 fully saturated rings. The van der Waals surface area contributed by atoms with E-state index in [0.717, 1.165) is 61.4 Å². The number of nitrogens with zero attached hydrogens (tertiary/aromatic N) is 2. The summed E-state index contributed by atoms with van der Waals surface area (Å²) in [6, 6.07) is 0. The number of pyridine rings is 1. The Morgan fingerprint density at radius 3 is 3.00 bits per heavy atom. The van der Waals surface area contributed by atoms with Crippen LogP contribution in [0.1, 0.15) is 48.9 Å². The van der Waals surface area contributed by atoms with E-state index in [1.165, 1.54) is 12.8 Å². The van der Waals surface area contributed by atoms with Gasteiger partial charge in [-0.2, -0.15) is 0 Å². The highest BCUT2D eigenvalue weighted by Gasteiger charge is 2.42. The van der Waals surface area contributed by atoms with Crippen LogP contribution < -0.4 is 5.73 Å². The average molecular weight is 289 g/mol. The van der Waals surface area contributed by atoms with Gasteiger partial charge in [0.25, 0.3) is 0 Å². The van der Waals surface area contributed by atoms with Gasteiger partial charge in [-0.05, 0) is 44.2 Å². The van der Waals surface area contributed by atoms with Crippen molar-refractivity contribution in [1.82, 2.24) is 9.88 Å². The summed E-state index contributed by atoms with van der Waals surface area (Å²) in [7, 11) is 0. The maximum Gasteiger partial charge on any atom is 0.0700 e. The predicted octanol–water partition coefficient (Wildman–Crippen LogP) is 2.41. The third kappa shape index (κ3) is 2.79. The smallest absolute Gasteiger partial charge is 0.0700 e. The third-order valence-corrected chi connectivity index (χ3v) is 5.56. The van der Waals surface area contributed by atoms with Crippen LogP contribution >= 0.6 is 0 Å². The van der Waals surface area contributed by atoms with Crippen LogP contribution in [0, 0.1) is 19.8 Å². The molecule has 1 aliphatic carbocycles. The molecule has 0 radical (unpaired) electrons. The molecule has 2 unspecified atom stereocenters. The molecule has 0 aromatic carbocycles. The fraction of sp³-hybridized carbons (Fsp3) is 0.706. The zero-order valence-electron chi connectivity index (χ0n) is 13.2. The second-order valence-corrected chi connectivity index (χ2v) is 6.96. The fourth-order valence-corrected chi connectivity index (χ4v) is 3.95. The van der Waals surface area contributed by atoms with E-state index in [1.54, 1.807) is 0 Å². The van der Waals surface area contributed by atoms with E-state index >= 15 is 0 Å². The van der Waals surface area contributed by atoms with Crippen LogP contribution in [0.25, 0.3) is 0 Å². The SMILES string of the molecule is Cc1cnc(CN2CCC3(O)CCCCC3C2)c(C)c1N. The van der Waals surface area contributed by atoms with Crippen LogP contribution in [0.2, 0.25) is 0 Å². The van der Waals surface area contributed by atoms with Gasteiger partial charge in [0.2, 0.25) is 0 Å². The lowest BCUT2D eigenvalue weighted by molar-refractivity contribution is -0.0969. The standard InChI is InChI=1S/C17H27N3O/c1-12-9-19-15(13(2)16(12)18)11-20-8-7-17(21)6-4-3-5-14(17)10-20/h9,14,21H,3-8,10-11H2,1-2H3,(H2,18,19). The summed E-state index contributed by atoms with van der Waals surface area (Å²) in [6.07, 6.45) is 7.37. The largest absolute Gasteiger partial charge is 0.398 e. The number of hydrogen-bond donors (Lipinski definition) is 2. The van der Waals surface area contributed by atoms with Gasteiger partial charge < -0.3 is 10.8 Å². The third-order valence-electron chi connectivity index (χ3n) is 5.56. The summed E-state index contributed by atoms with van der Waals surface area (Å²) in [5.41, 5.74) is 9.83. The molecule has 21 heavy (non-hydrogen) atoms. The fourth-order valence-electron chi connectivity index (χ4n) is 3.95. The lowest BCUT2D eigenvalue weighted by atomic mass is 9.71. The van der Waals surface area contributed by atoms with Crippen molar-refractivity contribution in [2.24, 2.45) is 5.92 Å². The van der Waals surface area contributed by atoms with Crippen molar-refractivity contribution in [2.45, 2.75) is 58.1 Å². The van der Waals surface area contributed by atoms with Crippen LogP contribution in [-0.2, 0) is 6.54 Å². The number of aliphatic hydroxyl groups is 1. The number of piperidine rings is 1. The molecule has 0 amide bonds. The highest BCUT2D eigenvalue weighted by atomic mass is 16.3. The van der Waals surface area contributed by atoms with E-state index in [4.69, 9.17) is 5.73 Å². The monoisotopic (exact) mass is 289 g/mol. The lowest BCUT2D eigenvalue weighted by Crippen LogP contribution is -2.53. The van der Waals surface area contributed by atoms with Gasteiger partial charge in [-0.15, -0.1) is 0 Å². The molecule has 0 bridgehead atoms. The maximum absolute atomic E-state index is 10.7. The molecule has 1 saturated carbocycles. The van der Waals surface area contributed by atoms with Crippen molar-refractivity contribution in [3.63, 3.8) is 0 Å². The van der Waals surface area contributed by atoms with Gasteiger partial charge in [0, 0.05) is 37.4 Å². The minimum atomic E-state index is -0.399. The first-order valence-electron chi connectivity index (χ1n) is 8.15. The van der Waals surface area contributed by atoms with Crippen molar-refractivity contribution >= 4 is 5.69 Å². The number of aromatic nitrogens is 1. The minimum Gasteiger partial charge on any atom is -0.398 e. The van der Waals surface area contributed by atoms with Crippen molar-refractivity contribution < 1.29 is 5.11 Å². The van der Waals surface area contributed by atoms with E-state index < -0.39 is 5.60 Å². The Morgan fingerprint density at radius 2 is 2.19 bits per heavy atom. The van der Waals surface area contributed by atoms with Gasteiger partial charge in [0.15, 0.2) is 0 Å². The van der Waals surface area contributed by atoms with Gasteiger partial charge in [-0.25, -0.2) is 0 Å². The van der Waals surface area contributed by atoms with Gasteiger partial charge in [-0.1, -0.05) is 12.8 Å². The highest BCUT2D eigenvalue weighted by Crippen LogP contribution is 2.40. The molecular weight excluding hydrogens is 262 g/mol. The van der Waals surface area contributed by atoms with E-state index in [-0.39, 0.29) is 0 Å². The molecule has 2 heterocycles. The summed E-state index contributed by atoms with van der Waals surface area (Å²) in [5, 5.41) is 10.7. The molecule has 4 heteroatoms. The average Bonchev–Trinajstić information content (AvgIpc) is 2.48. The van der Waals surface area contributed by atoms with Crippen LogP contribution in [0.5, 0.6) is 0 Å². The Bertz CT molecular complexity index is 531. The van der Waals surface area contributed by atoms with Crippen molar-refractivity contribution in [2.75, 3.05) is 18.8 Å². The maximum atomic E-state index is 10.7. The first-order valence-corrected chi connectivity index (χ1v) is 8.15. The Balaban J connectivity index is 1.71. The Kier molecular flexibility index (Phi) is 3.93. The summed E-state index contributed by atoms with van der Waals surface area (Å²) in [5.74, 6) is 0.433. The highest BCUT2D eigenvalue weighted by molar-refractivity contribution is 5.53. The van der Waals surface area contributed by atoms with Crippen molar-refractivity contribution in [3.05, 3.63) is 23.0 Å². The molecule has 1 aromatic heterocycles. The number of nitrogen functional groups attached to an aromatic ring is 1. The summed E-state index contributed by atoms with van der Waals surface area (Å²) in [4.78, 5) is 7.01. The van der Waals surface area contributed by atoms with Gasteiger partial charge in [0.05, 0.1) is 11.3 Å². The molecule has 1 aromatic rings. The molecule has 1 saturated heterocycles. The van der Waals surface area contributed by atoms with Gasteiger partial charge in [0.1, 0.15) is 0 Å². The summed E-state index contributed by atoms with van der Waals surface area (Å²) >= 11 is 0. The Morgan fingerprint density at radius 1 is 1.38 bits per heavy atom. The molecule has 3 N–H and O–H groups in total. The van der Waals surface area contributed by atoms with Crippen molar-refractivity contribution in [1.29, 1.82) is 0 Å². The number of nitrogens with two attached hydrogens (primary N) is 1. The first kappa shape index (κ1) is 14.8. The van der Waals surface area contributed by atoms with E-state index in [2.05, 4.69) is 16.8 Å². The quantitative estimate of drug-likeness (QED) is 0.877. The molecular formula is C17H27N3O. The minimum absolute atomic E-state index is 0.399.